The van der Waals surface area contributed by atoms with E-state index in [1.807, 2.05) is 0 Å². The van der Waals surface area contributed by atoms with Crippen LogP contribution < -0.4 is 0 Å². The Bertz CT molecular complexity index is 872. The fourth-order valence-electron chi connectivity index (χ4n) is 2.12. The molecule has 0 bridgehead atoms. The molecular formula is C13H9F3N4O2S. The van der Waals surface area contributed by atoms with E-state index in [9.17, 15) is 18.0 Å². The highest BCUT2D eigenvalue weighted by atomic mass is 32.1. The number of ether oxygens (including phenoxy) is 1. The van der Waals surface area contributed by atoms with Crippen molar-refractivity contribution in [2.75, 3.05) is 6.61 Å². The summed E-state index contributed by atoms with van der Waals surface area (Å²) in [7, 11) is 0. The maximum absolute atomic E-state index is 13.5. The van der Waals surface area contributed by atoms with Gasteiger partial charge in [0.1, 0.15) is 15.8 Å². The Kier molecular flexibility index (Phi) is 3.76. The van der Waals surface area contributed by atoms with Gasteiger partial charge in [0.15, 0.2) is 5.69 Å². The second kappa shape index (κ2) is 5.61. The van der Waals surface area contributed by atoms with Gasteiger partial charge in [0.2, 0.25) is 0 Å². The van der Waals surface area contributed by atoms with Crippen LogP contribution in [0.4, 0.5) is 13.2 Å². The third kappa shape index (κ3) is 2.65. The van der Waals surface area contributed by atoms with Crippen LogP contribution in [0.3, 0.4) is 0 Å². The summed E-state index contributed by atoms with van der Waals surface area (Å²) in [5, 5.41) is 7.56. The van der Waals surface area contributed by atoms with Crippen molar-refractivity contribution in [2.45, 2.75) is 13.1 Å². The van der Waals surface area contributed by atoms with Crippen molar-refractivity contribution in [3.05, 3.63) is 35.7 Å². The van der Waals surface area contributed by atoms with Crippen LogP contribution in [0.1, 0.15) is 23.0 Å². The van der Waals surface area contributed by atoms with E-state index in [0.29, 0.717) is 14.9 Å². The van der Waals surface area contributed by atoms with E-state index in [2.05, 4.69) is 19.4 Å². The zero-order valence-corrected chi connectivity index (χ0v) is 12.5. The monoisotopic (exact) mass is 342 g/mol. The molecule has 23 heavy (non-hydrogen) atoms. The molecule has 0 fully saturated rings. The standard InChI is InChI=1S/C13H9F3N4O2S/c1-2-22-12(21)7-6-17-20(11(7)13(14,15)16)9-5-3-4-8-10(9)23-19-18-8/h3-6H,2H2,1H3. The molecule has 3 aromatic rings. The molecular weight excluding hydrogens is 333 g/mol. The van der Waals surface area contributed by atoms with E-state index in [0.717, 1.165) is 17.7 Å². The summed E-state index contributed by atoms with van der Waals surface area (Å²) in [4.78, 5) is 11.8. The lowest BCUT2D eigenvalue weighted by molar-refractivity contribution is -0.143. The van der Waals surface area contributed by atoms with Crippen LogP contribution in [0, 0.1) is 0 Å². The van der Waals surface area contributed by atoms with Crippen LogP contribution in [0.5, 0.6) is 0 Å². The molecule has 2 heterocycles. The second-order valence-corrected chi connectivity index (χ2v) is 5.19. The lowest BCUT2D eigenvalue weighted by Gasteiger charge is -2.12. The molecule has 0 saturated carbocycles. The second-order valence-electron chi connectivity index (χ2n) is 4.44. The molecule has 0 aliphatic carbocycles. The van der Waals surface area contributed by atoms with E-state index in [4.69, 9.17) is 0 Å². The molecule has 0 saturated heterocycles. The molecule has 0 amide bonds. The third-order valence-corrected chi connectivity index (χ3v) is 3.78. The third-order valence-electron chi connectivity index (χ3n) is 3.02. The van der Waals surface area contributed by atoms with E-state index in [1.165, 1.54) is 13.0 Å². The summed E-state index contributed by atoms with van der Waals surface area (Å²) in [6.45, 7) is 1.48. The summed E-state index contributed by atoms with van der Waals surface area (Å²) in [5.41, 5.74) is -1.21. The summed E-state index contributed by atoms with van der Waals surface area (Å²) in [6, 6.07) is 4.63. The topological polar surface area (TPSA) is 69.9 Å². The van der Waals surface area contributed by atoms with Crippen LogP contribution in [-0.4, -0.2) is 31.9 Å². The van der Waals surface area contributed by atoms with Gasteiger partial charge in [-0.15, -0.1) is 5.10 Å². The normalized spacial score (nSPS) is 11.8. The lowest BCUT2D eigenvalue weighted by Crippen LogP contribution is -2.18. The summed E-state index contributed by atoms with van der Waals surface area (Å²) in [6.07, 6.45) is -3.92. The number of esters is 1. The van der Waals surface area contributed by atoms with Gasteiger partial charge in [-0.25, -0.2) is 9.48 Å². The van der Waals surface area contributed by atoms with Gasteiger partial charge in [0.25, 0.3) is 0 Å². The van der Waals surface area contributed by atoms with Crippen LogP contribution in [0.15, 0.2) is 24.4 Å². The first-order valence-electron chi connectivity index (χ1n) is 6.47. The Labute approximate surface area is 131 Å². The fraction of sp³-hybridized carbons (Fsp3) is 0.231. The fourth-order valence-corrected chi connectivity index (χ4v) is 2.78. The Morgan fingerprint density at radius 1 is 1.39 bits per heavy atom. The minimum absolute atomic E-state index is 0.0321. The molecule has 0 radical (unpaired) electrons. The minimum Gasteiger partial charge on any atom is -0.462 e. The molecule has 0 N–H and O–H groups in total. The quantitative estimate of drug-likeness (QED) is 0.684. The maximum Gasteiger partial charge on any atom is 0.434 e. The minimum atomic E-state index is -4.78. The predicted octanol–water partition coefficient (Wildman–Crippen LogP) is 3.07. The lowest BCUT2D eigenvalue weighted by atomic mass is 10.2. The highest BCUT2D eigenvalue weighted by Crippen LogP contribution is 2.35. The van der Waals surface area contributed by atoms with Crippen molar-refractivity contribution in [2.24, 2.45) is 0 Å². The van der Waals surface area contributed by atoms with Crippen molar-refractivity contribution in [1.29, 1.82) is 0 Å². The molecule has 6 nitrogen and oxygen atoms in total. The smallest absolute Gasteiger partial charge is 0.434 e. The van der Waals surface area contributed by atoms with Crippen molar-refractivity contribution in [1.82, 2.24) is 19.4 Å². The number of carbonyl (C=O) groups excluding carboxylic acids is 1. The summed E-state index contributed by atoms with van der Waals surface area (Å²) >= 11 is 0.951. The van der Waals surface area contributed by atoms with Crippen molar-refractivity contribution in [3.63, 3.8) is 0 Å². The first-order valence-corrected chi connectivity index (χ1v) is 7.24. The zero-order valence-electron chi connectivity index (χ0n) is 11.7. The van der Waals surface area contributed by atoms with Crippen molar-refractivity contribution < 1.29 is 22.7 Å². The molecule has 0 aliphatic rings. The molecule has 0 aliphatic heterocycles. The molecule has 0 atom stereocenters. The molecule has 0 spiro atoms. The van der Waals surface area contributed by atoms with Crippen LogP contribution in [-0.2, 0) is 10.9 Å². The molecule has 1 aromatic carbocycles. The molecule has 2 aromatic heterocycles. The number of aromatic nitrogens is 4. The number of hydrogen-bond donors (Lipinski definition) is 0. The van der Waals surface area contributed by atoms with E-state index < -0.39 is 23.4 Å². The van der Waals surface area contributed by atoms with Gasteiger partial charge in [-0.05, 0) is 30.6 Å². The predicted molar refractivity (Wildman–Crippen MR) is 75.5 cm³/mol. The van der Waals surface area contributed by atoms with Gasteiger partial charge in [0, 0.05) is 0 Å². The molecule has 3 rings (SSSR count). The summed E-state index contributed by atoms with van der Waals surface area (Å²) < 4.78 is 49.9. The highest BCUT2D eigenvalue weighted by Gasteiger charge is 2.41. The van der Waals surface area contributed by atoms with Gasteiger partial charge in [-0.3, -0.25) is 0 Å². The molecule has 0 unspecified atom stereocenters. The summed E-state index contributed by atoms with van der Waals surface area (Å²) in [5.74, 6) is -1.07. The number of halogens is 3. The SMILES string of the molecule is CCOC(=O)c1cnn(-c2cccc3nnsc23)c1C(F)(F)F. The van der Waals surface area contributed by atoms with Crippen LogP contribution in [0.2, 0.25) is 0 Å². The average Bonchev–Trinajstić information content (AvgIpc) is 3.13. The van der Waals surface area contributed by atoms with Gasteiger partial charge in [0.05, 0.1) is 18.5 Å². The Hall–Kier alpha value is -2.49. The van der Waals surface area contributed by atoms with Gasteiger partial charge in [-0.1, -0.05) is 10.6 Å². The maximum atomic E-state index is 13.5. The van der Waals surface area contributed by atoms with E-state index >= 15 is 0 Å². The Balaban J connectivity index is 2.24. The van der Waals surface area contributed by atoms with Crippen molar-refractivity contribution in [3.8, 4) is 5.69 Å². The van der Waals surface area contributed by atoms with Gasteiger partial charge in [-0.2, -0.15) is 18.3 Å². The number of carbonyl (C=O) groups is 1. The number of fused-ring (bicyclic) bond motifs is 1. The van der Waals surface area contributed by atoms with Crippen molar-refractivity contribution >= 4 is 27.7 Å². The largest absolute Gasteiger partial charge is 0.462 e. The average molecular weight is 342 g/mol. The van der Waals surface area contributed by atoms with E-state index in [-0.39, 0.29) is 12.3 Å². The van der Waals surface area contributed by atoms with Crippen LogP contribution in [0.25, 0.3) is 15.9 Å². The van der Waals surface area contributed by atoms with E-state index in [1.54, 1.807) is 12.1 Å². The number of nitrogens with zero attached hydrogens (tertiary/aromatic N) is 4. The number of alkyl halides is 3. The zero-order chi connectivity index (χ0) is 16.6. The van der Waals surface area contributed by atoms with Gasteiger partial charge < -0.3 is 4.74 Å². The number of hydrogen-bond acceptors (Lipinski definition) is 6. The Morgan fingerprint density at radius 2 is 2.17 bits per heavy atom. The molecule has 10 heteroatoms. The van der Waals surface area contributed by atoms with Crippen LogP contribution >= 0.6 is 11.5 Å². The first-order chi connectivity index (χ1) is 10.9. The molecule has 120 valence electrons. The Morgan fingerprint density at radius 3 is 2.87 bits per heavy atom. The van der Waals surface area contributed by atoms with Gasteiger partial charge >= 0.3 is 12.1 Å². The first kappa shape index (κ1) is 15.4. The highest BCUT2D eigenvalue weighted by molar-refractivity contribution is 7.13. The number of rotatable bonds is 3. The number of benzene rings is 1.